The quantitative estimate of drug-likeness (QED) is 0.297. The molecule has 300 valence electrons. The van der Waals surface area contributed by atoms with Crippen LogP contribution >= 0.6 is 0 Å². The van der Waals surface area contributed by atoms with Crippen LogP contribution in [0, 0.1) is 57.2 Å². The molecule has 0 aromatic carbocycles. The fraction of sp³-hybridized carbons (Fsp3) is 0.727. The van der Waals surface area contributed by atoms with E-state index in [0.29, 0.717) is 36.8 Å². The number of ketones is 4. The minimum absolute atomic E-state index is 0.237. The molecule has 0 heterocycles. The molecular formula is C44H56F2O9. The van der Waals surface area contributed by atoms with Crippen LogP contribution in [0.1, 0.15) is 92.9 Å². The fourth-order valence-corrected chi connectivity index (χ4v) is 15.3. The van der Waals surface area contributed by atoms with Gasteiger partial charge in [-0.05, 0) is 113 Å². The Balaban J connectivity index is 1.26. The van der Waals surface area contributed by atoms with E-state index in [2.05, 4.69) is 0 Å². The van der Waals surface area contributed by atoms with E-state index in [1.165, 1.54) is 24.3 Å². The van der Waals surface area contributed by atoms with Gasteiger partial charge in [0.1, 0.15) is 24.4 Å². The molecule has 6 saturated carbocycles. The lowest BCUT2D eigenvalue weighted by Crippen LogP contribution is -2.74. The van der Waals surface area contributed by atoms with Gasteiger partial charge in [0, 0.05) is 33.5 Å². The number of hydrogen-bond acceptors (Lipinski definition) is 9. The van der Waals surface area contributed by atoms with E-state index in [-0.39, 0.29) is 37.2 Å². The van der Waals surface area contributed by atoms with E-state index in [4.69, 9.17) is 4.74 Å². The third-order valence-electron chi connectivity index (χ3n) is 17.8. The summed E-state index contributed by atoms with van der Waals surface area (Å²) >= 11 is 0. The third kappa shape index (κ3) is 4.25. The zero-order valence-corrected chi connectivity index (χ0v) is 32.7. The minimum atomic E-state index is -2.20. The first-order valence-electron chi connectivity index (χ1n) is 20.2. The van der Waals surface area contributed by atoms with Crippen molar-refractivity contribution in [2.45, 2.75) is 128 Å². The number of halogens is 2. The first kappa shape index (κ1) is 39.1. The largest absolute Gasteiger partial charge is 0.390 e. The molecule has 0 radical (unpaired) electrons. The molecule has 8 aliphatic rings. The molecule has 6 fully saturated rings. The summed E-state index contributed by atoms with van der Waals surface area (Å²) in [5, 5.41) is 45.9. The molecule has 0 aliphatic heterocycles. The number of carbonyl (C=O) groups is 4. The van der Waals surface area contributed by atoms with E-state index < -0.39 is 117 Å². The van der Waals surface area contributed by atoms with Crippen molar-refractivity contribution in [3.05, 3.63) is 47.6 Å². The molecule has 0 saturated heterocycles. The topological polar surface area (TPSA) is 158 Å². The Morgan fingerprint density at radius 2 is 1.05 bits per heavy atom. The SMILES string of the molecule is C[C@@H]1CC2C3CCC4=CC(=O)C=C[C@]4(C)[C@@]3(F)[C@@H](O)C[C@]2(C)[C@]1(O[C@@]1(C(=O)CO)[C@H](C)CC2C3CCC4=CC(=O)C=C[C@]4(C)[C@@]3(F)[C@@H](O)C[C@@]21C)C(=O)CO. The van der Waals surface area contributed by atoms with Gasteiger partial charge >= 0.3 is 0 Å². The first-order chi connectivity index (χ1) is 25.6. The number of alkyl halides is 2. The second-order valence-electron chi connectivity index (χ2n) is 19.5. The monoisotopic (exact) mass is 766 g/mol. The molecule has 8 aliphatic carbocycles. The summed E-state index contributed by atoms with van der Waals surface area (Å²) in [7, 11) is 0. The Morgan fingerprint density at radius 3 is 1.40 bits per heavy atom. The highest BCUT2D eigenvalue weighted by atomic mass is 19.1. The second-order valence-corrected chi connectivity index (χ2v) is 19.5. The molecule has 0 aromatic heterocycles. The van der Waals surface area contributed by atoms with Gasteiger partial charge in [0.15, 0.2) is 34.5 Å². The molecular weight excluding hydrogens is 710 g/mol. The van der Waals surface area contributed by atoms with Crippen LogP contribution in [0.5, 0.6) is 0 Å². The predicted molar refractivity (Wildman–Crippen MR) is 197 cm³/mol. The Labute approximate surface area is 321 Å². The van der Waals surface area contributed by atoms with Gasteiger partial charge in [0.2, 0.25) is 0 Å². The molecule has 4 N–H and O–H groups in total. The maximum absolute atomic E-state index is 18.1. The van der Waals surface area contributed by atoms with Crippen molar-refractivity contribution < 1.29 is 53.1 Å². The lowest BCUT2D eigenvalue weighted by molar-refractivity contribution is -0.285. The molecule has 4 unspecified atom stereocenters. The molecule has 0 amide bonds. The van der Waals surface area contributed by atoms with Gasteiger partial charge in [-0.2, -0.15) is 0 Å². The molecule has 0 spiro atoms. The van der Waals surface area contributed by atoms with Gasteiger partial charge in [-0.15, -0.1) is 0 Å². The normalized spacial score (nSPS) is 53.6. The molecule has 55 heavy (non-hydrogen) atoms. The highest BCUT2D eigenvalue weighted by Gasteiger charge is 2.81. The fourth-order valence-electron chi connectivity index (χ4n) is 15.3. The summed E-state index contributed by atoms with van der Waals surface area (Å²) in [6.07, 6.45) is 6.94. The van der Waals surface area contributed by atoms with E-state index in [9.17, 15) is 39.6 Å². The van der Waals surface area contributed by atoms with Crippen molar-refractivity contribution in [2.75, 3.05) is 13.2 Å². The number of aliphatic hydroxyl groups excluding tert-OH is 4. The van der Waals surface area contributed by atoms with Gasteiger partial charge in [0.25, 0.3) is 0 Å². The van der Waals surface area contributed by atoms with Crippen molar-refractivity contribution in [1.82, 2.24) is 0 Å². The number of hydrogen-bond donors (Lipinski definition) is 4. The molecule has 8 rings (SSSR count). The summed E-state index contributed by atoms with van der Waals surface area (Å²) in [4.78, 5) is 54.2. The van der Waals surface area contributed by atoms with Crippen LogP contribution in [0.2, 0.25) is 0 Å². The number of fused-ring (bicyclic) bond motifs is 10. The zero-order valence-electron chi connectivity index (χ0n) is 32.7. The molecule has 11 heteroatoms. The number of rotatable bonds is 6. The molecule has 16 atom stereocenters. The van der Waals surface area contributed by atoms with Gasteiger partial charge < -0.3 is 25.2 Å². The number of ether oxygens (including phenoxy) is 1. The number of allylic oxidation sites excluding steroid dienone is 8. The highest BCUT2D eigenvalue weighted by Crippen LogP contribution is 2.76. The Kier molecular flexibility index (Phi) is 8.49. The Morgan fingerprint density at radius 1 is 0.691 bits per heavy atom. The standard InChI is InChI=1S/C44H56F2O9/c1-23-15-31-29-9-7-25-17-27(49)11-13-37(25,3)41(29,45)33(51)19-39(31,5)43(23,35(53)21-47)55-44(36(54)22-48)24(2)16-32-30-10-8-26-18-28(50)12-14-38(26,4)42(30,46)34(52)20-40(32,44)6/h11-14,17-18,23-24,29-34,47-48,51-52H,7-10,15-16,19-22H2,1-6H3/t23-,24-,29?,30?,31?,32?,33+,34+,37+,38+,39+,40+,41+,42+,43-,44-/m1/s1. The van der Waals surface area contributed by atoms with E-state index in [1.54, 1.807) is 53.7 Å². The van der Waals surface area contributed by atoms with Crippen molar-refractivity contribution >= 4 is 23.1 Å². The molecule has 0 aromatic rings. The van der Waals surface area contributed by atoms with Crippen LogP contribution in [0.15, 0.2) is 47.6 Å². The van der Waals surface area contributed by atoms with Crippen molar-refractivity contribution in [1.29, 1.82) is 0 Å². The predicted octanol–water partition coefficient (Wildman–Crippen LogP) is 4.84. The first-order valence-corrected chi connectivity index (χ1v) is 20.2. The number of Topliss-reactive ketones (excluding diaryl/α,β-unsaturated/α-hetero) is 2. The third-order valence-corrected chi connectivity index (χ3v) is 17.8. The summed E-state index contributed by atoms with van der Waals surface area (Å²) in [6, 6.07) is 0. The van der Waals surface area contributed by atoms with Crippen LogP contribution in [0.25, 0.3) is 0 Å². The smallest absolute Gasteiger partial charge is 0.190 e. The minimum Gasteiger partial charge on any atom is -0.390 e. The van der Waals surface area contributed by atoms with Crippen molar-refractivity contribution in [2.24, 2.45) is 57.2 Å². The van der Waals surface area contributed by atoms with Gasteiger partial charge in [-0.3, -0.25) is 19.2 Å². The lowest BCUT2D eigenvalue weighted by Gasteiger charge is -2.65. The van der Waals surface area contributed by atoms with Gasteiger partial charge in [-0.1, -0.05) is 51.0 Å². The average molecular weight is 767 g/mol. The van der Waals surface area contributed by atoms with Crippen LogP contribution < -0.4 is 0 Å². The molecule has 9 nitrogen and oxygen atoms in total. The average Bonchev–Trinajstić information content (AvgIpc) is 3.48. The summed E-state index contributed by atoms with van der Waals surface area (Å²) in [6.45, 7) is 8.67. The molecule has 0 bridgehead atoms. The Hall–Kier alpha value is -2.70. The van der Waals surface area contributed by atoms with Crippen molar-refractivity contribution in [3.8, 4) is 0 Å². The highest BCUT2D eigenvalue weighted by molar-refractivity contribution is 6.02. The number of aliphatic hydroxyl groups is 4. The maximum atomic E-state index is 18.1. The number of carbonyl (C=O) groups excluding carboxylic acids is 4. The zero-order chi connectivity index (χ0) is 40.1. The summed E-state index contributed by atoms with van der Waals surface area (Å²) < 4.78 is 43.7. The second kappa shape index (κ2) is 11.9. The van der Waals surface area contributed by atoms with E-state index >= 15 is 8.78 Å². The Bertz CT molecular complexity index is 1760. The van der Waals surface area contributed by atoms with Crippen LogP contribution in [-0.4, -0.2) is 91.5 Å². The van der Waals surface area contributed by atoms with Crippen LogP contribution in [0.3, 0.4) is 0 Å². The van der Waals surface area contributed by atoms with Crippen LogP contribution in [-0.2, 0) is 23.9 Å². The van der Waals surface area contributed by atoms with Crippen LogP contribution in [0.4, 0.5) is 8.78 Å². The van der Waals surface area contributed by atoms with Gasteiger partial charge in [-0.25, -0.2) is 8.78 Å². The van der Waals surface area contributed by atoms with Crippen molar-refractivity contribution in [3.63, 3.8) is 0 Å². The summed E-state index contributed by atoms with van der Waals surface area (Å²) in [5.41, 5.74) is -12.3. The lowest BCUT2D eigenvalue weighted by atomic mass is 9.44. The summed E-state index contributed by atoms with van der Waals surface area (Å²) in [5.74, 6) is -5.96. The maximum Gasteiger partial charge on any atom is 0.190 e. The van der Waals surface area contributed by atoms with E-state index in [0.717, 1.165) is 0 Å². The van der Waals surface area contributed by atoms with E-state index in [1.807, 2.05) is 0 Å². The van der Waals surface area contributed by atoms with Gasteiger partial charge in [0.05, 0.1) is 12.2 Å².